The average Bonchev–Trinajstić information content (AvgIpc) is 2.97. The average molecular weight is 499 g/mol. The fraction of sp³-hybridized carbons (Fsp3) is 0.652. The third kappa shape index (κ3) is 4.45. The van der Waals surface area contributed by atoms with Gasteiger partial charge in [-0.2, -0.15) is 4.31 Å². The van der Waals surface area contributed by atoms with Crippen molar-refractivity contribution in [1.29, 1.82) is 0 Å². The molecule has 2 heterocycles. The molecule has 0 aromatic heterocycles. The lowest BCUT2D eigenvalue weighted by Gasteiger charge is -2.40. The predicted molar refractivity (Wildman–Crippen MR) is 121 cm³/mol. The molecule has 4 rings (SSSR count). The lowest BCUT2D eigenvalue weighted by molar-refractivity contribution is -0.134. The molecule has 2 aliphatic heterocycles. The number of carbonyl (C=O) groups is 2. The van der Waals surface area contributed by atoms with Gasteiger partial charge in [-0.25, -0.2) is 26.9 Å². The topological polar surface area (TPSA) is 90.0 Å². The van der Waals surface area contributed by atoms with Gasteiger partial charge in [0.05, 0.1) is 6.67 Å². The van der Waals surface area contributed by atoms with E-state index in [0.717, 1.165) is 35.3 Å². The van der Waals surface area contributed by atoms with Gasteiger partial charge in [0.2, 0.25) is 10.0 Å². The molecule has 2 saturated heterocycles. The molecule has 3 aliphatic rings. The van der Waals surface area contributed by atoms with Crippen molar-refractivity contribution in [1.82, 2.24) is 19.4 Å². The Morgan fingerprint density at radius 1 is 1.03 bits per heavy atom. The summed E-state index contributed by atoms with van der Waals surface area (Å²) < 4.78 is 54.7. The van der Waals surface area contributed by atoms with Crippen LogP contribution in [0.15, 0.2) is 23.1 Å². The van der Waals surface area contributed by atoms with Crippen LogP contribution >= 0.6 is 0 Å². The highest BCUT2D eigenvalue weighted by atomic mass is 32.2. The second kappa shape index (κ2) is 8.83. The zero-order valence-corrected chi connectivity index (χ0v) is 20.6. The minimum atomic E-state index is -4.34. The fourth-order valence-corrected chi connectivity index (χ4v) is 6.82. The molecule has 8 nitrogen and oxygen atoms in total. The van der Waals surface area contributed by atoms with Crippen molar-refractivity contribution in [2.24, 2.45) is 11.3 Å². The number of carbonyl (C=O) groups excluding carboxylic acids is 2. The van der Waals surface area contributed by atoms with Gasteiger partial charge in [0, 0.05) is 26.2 Å². The maximum atomic E-state index is 14.1. The van der Waals surface area contributed by atoms with Gasteiger partial charge in [-0.05, 0) is 49.1 Å². The summed E-state index contributed by atoms with van der Waals surface area (Å²) in [7, 11) is -4.34. The van der Waals surface area contributed by atoms with Gasteiger partial charge in [-0.3, -0.25) is 9.69 Å². The Morgan fingerprint density at radius 3 is 2.12 bits per heavy atom. The molecule has 1 spiro atoms. The molecular weight excluding hydrogens is 466 g/mol. The van der Waals surface area contributed by atoms with Crippen molar-refractivity contribution >= 4 is 22.0 Å². The van der Waals surface area contributed by atoms with E-state index in [0.29, 0.717) is 18.8 Å². The number of halogens is 2. The number of rotatable bonds is 4. The van der Waals surface area contributed by atoms with Crippen LogP contribution in [-0.4, -0.2) is 72.8 Å². The third-order valence-electron chi connectivity index (χ3n) is 7.50. The monoisotopic (exact) mass is 498 g/mol. The number of benzene rings is 1. The molecule has 188 valence electrons. The summed E-state index contributed by atoms with van der Waals surface area (Å²) in [5.74, 6) is -2.00. The Kier molecular flexibility index (Phi) is 6.50. The highest BCUT2D eigenvalue weighted by Crippen LogP contribution is 2.43. The fourth-order valence-electron chi connectivity index (χ4n) is 5.29. The largest absolute Gasteiger partial charge is 0.326 e. The normalized spacial score (nSPS) is 27.4. The number of urea groups is 1. The van der Waals surface area contributed by atoms with E-state index in [2.05, 4.69) is 26.1 Å². The Bertz CT molecular complexity index is 1050. The highest BCUT2D eigenvalue weighted by molar-refractivity contribution is 7.89. The van der Waals surface area contributed by atoms with Gasteiger partial charge in [0.25, 0.3) is 5.91 Å². The molecule has 34 heavy (non-hydrogen) atoms. The number of nitrogens with zero attached hydrogens (tertiary/aromatic N) is 3. The lowest BCUT2D eigenvalue weighted by Crippen LogP contribution is -2.53. The predicted octanol–water partition coefficient (Wildman–Crippen LogP) is 2.76. The Balaban J connectivity index is 1.37. The first-order valence-corrected chi connectivity index (χ1v) is 13.1. The molecule has 3 fully saturated rings. The maximum absolute atomic E-state index is 14.1. The van der Waals surface area contributed by atoms with Crippen molar-refractivity contribution in [3.05, 3.63) is 29.8 Å². The van der Waals surface area contributed by atoms with E-state index in [4.69, 9.17) is 0 Å². The Labute approximate surface area is 199 Å². The van der Waals surface area contributed by atoms with Crippen molar-refractivity contribution in [2.75, 3.05) is 32.8 Å². The second-order valence-electron chi connectivity index (χ2n) is 10.6. The number of amides is 3. The van der Waals surface area contributed by atoms with Gasteiger partial charge in [0.15, 0.2) is 4.90 Å². The summed E-state index contributed by atoms with van der Waals surface area (Å²) in [6.45, 7) is 7.08. The van der Waals surface area contributed by atoms with Crippen LogP contribution in [0.1, 0.15) is 46.5 Å². The summed E-state index contributed by atoms with van der Waals surface area (Å²) in [6.07, 6.45) is 2.95. The van der Waals surface area contributed by atoms with Gasteiger partial charge in [0.1, 0.15) is 17.2 Å². The molecule has 1 aromatic rings. The first-order valence-electron chi connectivity index (χ1n) is 11.7. The van der Waals surface area contributed by atoms with Crippen LogP contribution in [0.3, 0.4) is 0 Å². The Morgan fingerprint density at radius 2 is 1.59 bits per heavy atom. The minimum Gasteiger partial charge on any atom is -0.323 e. The Hall–Kier alpha value is -2.11. The molecule has 11 heteroatoms. The number of hydrogen-bond acceptors (Lipinski definition) is 5. The summed E-state index contributed by atoms with van der Waals surface area (Å²) in [5.41, 5.74) is -0.703. The van der Waals surface area contributed by atoms with Crippen LogP contribution in [0, 0.1) is 23.0 Å². The number of hydrogen-bond donors (Lipinski definition) is 1. The lowest BCUT2D eigenvalue weighted by atomic mass is 9.67. The van der Waals surface area contributed by atoms with Gasteiger partial charge in [-0.1, -0.05) is 26.8 Å². The molecular formula is C23H32F2N4O4S. The van der Waals surface area contributed by atoms with Crippen molar-refractivity contribution in [3.8, 4) is 0 Å². The van der Waals surface area contributed by atoms with Crippen LogP contribution in [-0.2, 0) is 14.8 Å². The van der Waals surface area contributed by atoms with Crippen LogP contribution in [0.2, 0.25) is 0 Å². The van der Waals surface area contributed by atoms with Crippen molar-refractivity contribution < 1.29 is 26.8 Å². The second-order valence-corrected chi connectivity index (χ2v) is 12.5. The first-order chi connectivity index (χ1) is 15.8. The molecule has 3 amide bonds. The summed E-state index contributed by atoms with van der Waals surface area (Å²) in [6, 6.07) is 2.51. The van der Waals surface area contributed by atoms with E-state index >= 15 is 0 Å². The van der Waals surface area contributed by atoms with E-state index in [-0.39, 0.29) is 44.2 Å². The minimum absolute atomic E-state index is 0.00182. The number of piperazine rings is 1. The van der Waals surface area contributed by atoms with E-state index < -0.39 is 38.1 Å². The smallest absolute Gasteiger partial charge is 0.323 e. The van der Waals surface area contributed by atoms with Gasteiger partial charge < -0.3 is 5.32 Å². The number of sulfonamides is 1. The van der Waals surface area contributed by atoms with E-state index in [1.807, 2.05) is 0 Å². The van der Waals surface area contributed by atoms with Crippen molar-refractivity contribution in [3.63, 3.8) is 0 Å². The van der Waals surface area contributed by atoms with E-state index in [1.165, 1.54) is 4.90 Å². The van der Waals surface area contributed by atoms with Crippen molar-refractivity contribution in [2.45, 2.75) is 56.9 Å². The molecule has 1 aliphatic carbocycles. The molecule has 0 atom stereocenters. The summed E-state index contributed by atoms with van der Waals surface area (Å²) in [4.78, 5) is 28.0. The molecule has 1 N–H and O–H groups in total. The number of imide groups is 1. The molecule has 1 aromatic carbocycles. The summed E-state index contributed by atoms with van der Waals surface area (Å²) in [5, 5.41) is 2.92. The third-order valence-corrected chi connectivity index (χ3v) is 9.45. The van der Waals surface area contributed by atoms with Gasteiger partial charge >= 0.3 is 6.03 Å². The zero-order chi connectivity index (χ0) is 24.9. The first kappa shape index (κ1) is 25.0. The molecule has 0 unspecified atom stereocenters. The molecule has 0 bridgehead atoms. The number of nitrogens with one attached hydrogen (secondary N) is 1. The summed E-state index contributed by atoms with van der Waals surface area (Å²) >= 11 is 0. The van der Waals surface area contributed by atoms with Gasteiger partial charge in [-0.15, -0.1) is 0 Å². The van der Waals surface area contributed by atoms with Crippen LogP contribution in [0.5, 0.6) is 0 Å². The standard InChI is InChI=1S/C23H32F2N4O4S/c1-22(2,3)16-7-9-23(10-8-16)20(30)29(21(31)26-23)15-27-11-13-28(14-12-27)34(32,33)19-17(24)5-4-6-18(19)25/h4-6,16H,7-15H2,1-3H3,(H,26,31). The zero-order valence-electron chi connectivity index (χ0n) is 19.8. The SMILES string of the molecule is CC(C)(C)C1CCC2(CC1)NC(=O)N(CN1CCN(S(=O)(=O)c3c(F)cccc3F)CC1)C2=O. The quantitative estimate of drug-likeness (QED) is 0.645. The van der Waals surface area contributed by atoms with Crippen LogP contribution in [0.25, 0.3) is 0 Å². The van der Waals surface area contributed by atoms with E-state index in [1.54, 1.807) is 4.90 Å². The molecule has 0 radical (unpaired) electrons. The van der Waals surface area contributed by atoms with Crippen LogP contribution in [0.4, 0.5) is 13.6 Å². The van der Waals surface area contributed by atoms with Crippen LogP contribution < -0.4 is 5.32 Å². The molecule has 1 saturated carbocycles. The highest BCUT2D eigenvalue weighted by Gasteiger charge is 2.53. The van der Waals surface area contributed by atoms with E-state index in [9.17, 15) is 26.8 Å². The maximum Gasteiger partial charge on any atom is 0.326 e.